The van der Waals surface area contributed by atoms with Crippen LogP contribution in [0.4, 0.5) is 17.6 Å². The topological polar surface area (TPSA) is 65.4 Å². The molecule has 0 spiro atoms. The van der Waals surface area contributed by atoms with Crippen LogP contribution in [0.1, 0.15) is 31.7 Å². The highest BCUT2D eigenvalue weighted by Gasteiger charge is 2.40. The highest BCUT2D eigenvalue weighted by molar-refractivity contribution is 6.30. The van der Waals surface area contributed by atoms with Gasteiger partial charge < -0.3 is 14.6 Å². The Bertz CT molecular complexity index is 954. The Morgan fingerprint density at radius 1 is 1.31 bits per heavy atom. The van der Waals surface area contributed by atoms with E-state index in [0.29, 0.717) is 37.3 Å². The minimum atomic E-state index is -4.62. The molecule has 2 fully saturated rings. The van der Waals surface area contributed by atoms with Gasteiger partial charge in [0.05, 0.1) is 35.8 Å². The Labute approximate surface area is 186 Å². The average Bonchev–Trinajstić information content (AvgIpc) is 3.21. The van der Waals surface area contributed by atoms with Gasteiger partial charge in [-0.05, 0) is 43.7 Å². The second-order valence-electron chi connectivity index (χ2n) is 8.16. The minimum Gasteiger partial charge on any atom is -0.366 e. The Hall–Kier alpha value is -2.17. The average molecular weight is 476 g/mol. The third kappa shape index (κ3) is 5.60. The molecule has 1 aromatic heterocycles. The highest BCUT2D eigenvalue weighted by Crippen LogP contribution is 2.34. The molecule has 1 aliphatic heterocycles. The number of alkyl halides is 3. The first kappa shape index (κ1) is 23.0. The van der Waals surface area contributed by atoms with Crippen LogP contribution in [-0.2, 0) is 14.3 Å². The van der Waals surface area contributed by atoms with E-state index in [9.17, 15) is 22.4 Å². The van der Waals surface area contributed by atoms with E-state index in [1.807, 2.05) is 4.57 Å². The van der Waals surface area contributed by atoms with Gasteiger partial charge in [0.2, 0.25) is 5.91 Å². The first-order valence-corrected chi connectivity index (χ1v) is 10.7. The van der Waals surface area contributed by atoms with Crippen molar-refractivity contribution in [1.29, 1.82) is 0 Å². The smallest absolute Gasteiger partial charge is 0.366 e. The fourth-order valence-corrected chi connectivity index (χ4v) is 4.12. The standard InChI is InChI=1S/C21H22ClF4N3O3/c22-16-3-1-13(7-17(16)23)18-9-29(11-28-18)14-2-4-19(31-10-14)20(30)27-8-12-5-15(6-12)32-21(24,25)26/h1,3,7,9,11-12,14-15,19H,2,4-6,8,10H2,(H,27,30)/t12?,14-,15?,19+/m0/s1. The number of carbonyl (C=O) groups excluding carboxylic acids is 1. The largest absolute Gasteiger partial charge is 0.522 e. The van der Waals surface area contributed by atoms with Crippen LogP contribution >= 0.6 is 11.6 Å². The predicted octanol–water partition coefficient (Wildman–Crippen LogP) is 4.49. The Morgan fingerprint density at radius 2 is 2.09 bits per heavy atom. The third-order valence-electron chi connectivity index (χ3n) is 5.84. The van der Waals surface area contributed by atoms with Crippen LogP contribution in [0.2, 0.25) is 5.02 Å². The minimum absolute atomic E-state index is 0.00986. The number of aromatic nitrogens is 2. The molecule has 2 aliphatic rings. The van der Waals surface area contributed by atoms with E-state index in [-0.39, 0.29) is 35.7 Å². The summed E-state index contributed by atoms with van der Waals surface area (Å²) in [4.78, 5) is 16.6. The molecule has 6 nitrogen and oxygen atoms in total. The lowest BCUT2D eigenvalue weighted by Crippen LogP contribution is -2.46. The van der Waals surface area contributed by atoms with Crippen molar-refractivity contribution in [2.45, 2.75) is 50.3 Å². The number of imidazole rings is 1. The van der Waals surface area contributed by atoms with E-state index in [2.05, 4.69) is 15.0 Å². The Morgan fingerprint density at radius 3 is 2.75 bits per heavy atom. The van der Waals surface area contributed by atoms with E-state index >= 15 is 0 Å². The van der Waals surface area contributed by atoms with Crippen LogP contribution in [0.5, 0.6) is 0 Å². The van der Waals surface area contributed by atoms with E-state index in [0.717, 1.165) is 0 Å². The van der Waals surface area contributed by atoms with Crippen LogP contribution in [0.25, 0.3) is 11.3 Å². The number of nitrogens with zero attached hydrogens (tertiary/aromatic N) is 2. The number of hydrogen-bond donors (Lipinski definition) is 1. The molecule has 0 unspecified atom stereocenters. The van der Waals surface area contributed by atoms with Crippen molar-refractivity contribution < 1.29 is 31.8 Å². The van der Waals surface area contributed by atoms with Crippen molar-refractivity contribution in [3.63, 3.8) is 0 Å². The van der Waals surface area contributed by atoms with E-state index < -0.39 is 24.4 Å². The summed E-state index contributed by atoms with van der Waals surface area (Å²) in [6.45, 7) is 0.621. The number of carbonyl (C=O) groups is 1. The van der Waals surface area contributed by atoms with Crippen LogP contribution < -0.4 is 5.32 Å². The summed E-state index contributed by atoms with van der Waals surface area (Å²) in [6.07, 6.45) is -0.860. The lowest BCUT2D eigenvalue weighted by atomic mass is 9.82. The van der Waals surface area contributed by atoms with Crippen molar-refractivity contribution in [3.8, 4) is 11.3 Å². The van der Waals surface area contributed by atoms with Crippen molar-refractivity contribution in [3.05, 3.63) is 41.6 Å². The molecule has 32 heavy (non-hydrogen) atoms. The second kappa shape index (κ2) is 9.36. The normalized spacial score (nSPS) is 25.9. The zero-order valence-electron chi connectivity index (χ0n) is 16.9. The van der Waals surface area contributed by atoms with Crippen LogP contribution in [-0.4, -0.2) is 47.2 Å². The van der Waals surface area contributed by atoms with Crippen molar-refractivity contribution in [2.24, 2.45) is 5.92 Å². The number of ether oxygens (including phenoxy) is 2. The first-order valence-electron chi connectivity index (χ1n) is 10.3. The first-order chi connectivity index (χ1) is 15.2. The zero-order chi connectivity index (χ0) is 22.9. The van der Waals surface area contributed by atoms with Gasteiger partial charge in [-0.1, -0.05) is 17.7 Å². The summed E-state index contributed by atoms with van der Waals surface area (Å²) in [5, 5.41) is 2.81. The third-order valence-corrected chi connectivity index (χ3v) is 6.15. The molecular formula is C21H22ClF4N3O3. The molecule has 174 valence electrons. The molecule has 1 aliphatic carbocycles. The molecular weight excluding hydrogens is 454 g/mol. The molecule has 1 N–H and O–H groups in total. The fraction of sp³-hybridized carbons (Fsp3) is 0.524. The summed E-state index contributed by atoms with van der Waals surface area (Å²) in [5.41, 5.74) is 1.22. The summed E-state index contributed by atoms with van der Waals surface area (Å²) in [7, 11) is 0. The van der Waals surface area contributed by atoms with Crippen molar-refractivity contribution >= 4 is 17.5 Å². The number of halogens is 5. The van der Waals surface area contributed by atoms with Gasteiger partial charge in [-0.3, -0.25) is 9.53 Å². The van der Waals surface area contributed by atoms with Crippen molar-refractivity contribution in [2.75, 3.05) is 13.2 Å². The highest BCUT2D eigenvalue weighted by atomic mass is 35.5. The Kier molecular flexibility index (Phi) is 6.73. The van der Waals surface area contributed by atoms with Gasteiger partial charge in [0.15, 0.2) is 0 Å². The van der Waals surface area contributed by atoms with Gasteiger partial charge in [-0.25, -0.2) is 9.37 Å². The van der Waals surface area contributed by atoms with E-state index in [1.165, 1.54) is 12.1 Å². The molecule has 1 amide bonds. The predicted molar refractivity (Wildman–Crippen MR) is 107 cm³/mol. The lowest BCUT2D eigenvalue weighted by molar-refractivity contribution is -0.354. The number of hydrogen-bond acceptors (Lipinski definition) is 4. The number of benzene rings is 1. The molecule has 1 saturated heterocycles. The molecule has 2 aromatic rings. The zero-order valence-corrected chi connectivity index (χ0v) is 17.7. The maximum absolute atomic E-state index is 13.7. The van der Waals surface area contributed by atoms with Crippen LogP contribution in [0, 0.1) is 11.7 Å². The summed E-state index contributed by atoms with van der Waals surface area (Å²) in [5.74, 6) is -0.796. The number of amides is 1. The molecule has 0 radical (unpaired) electrons. The maximum Gasteiger partial charge on any atom is 0.522 e. The number of rotatable bonds is 6. The molecule has 0 bridgehead atoms. The Balaban J connectivity index is 1.21. The van der Waals surface area contributed by atoms with E-state index in [1.54, 1.807) is 18.6 Å². The van der Waals surface area contributed by atoms with Crippen molar-refractivity contribution in [1.82, 2.24) is 14.9 Å². The molecule has 1 aromatic carbocycles. The van der Waals surface area contributed by atoms with Gasteiger partial charge in [-0.2, -0.15) is 0 Å². The maximum atomic E-state index is 13.7. The number of nitrogens with one attached hydrogen (secondary N) is 1. The lowest BCUT2D eigenvalue weighted by Gasteiger charge is -2.36. The van der Waals surface area contributed by atoms with Gasteiger partial charge in [-0.15, -0.1) is 13.2 Å². The summed E-state index contributed by atoms with van der Waals surface area (Å²) >= 11 is 5.72. The van der Waals surface area contributed by atoms with Gasteiger partial charge in [0, 0.05) is 18.3 Å². The summed E-state index contributed by atoms with van der Waals surface area (Å²) < 4.78 is 61.7. The molecule has 2 heterocycles. The molecule has 1 saturated carbocycles. The summed E-state index contributed by atoms with van der Waals surface area (Å²) in [6, 6.07) is 4.48. The van der Waals surface area contributed by atoms with Crippen LogP contribution in [0.3, 0.4) is 0 Å². The SMILES string of the molecule is O=C(NCC1CC(OC(F)(F)F)C1)[C@H]1CC[C@H](n2cnc(-c3ccc(Cl)c(F)c3)c2)CO1. The van der Waals surface area contributed by atoms with Gasteiger partial charge >= 0.3 is 6.36 Å². The molecule has 4 rings (SSSR count). The van der Waals surface area contributed by atoms with E-state index in [4.69, 9.17) is 16.3 Å². The van der Waals surface area contributed by atoms with Gasteiger partial charge in [0.1, 0.15) is 11.9 Å². The van der Waals surface area contributed by atoms with Crippen LogP contribution in [0.15, 0.2) is 30.7 Å². The van der Waals surface area contributed by atoms with Gasteiger partial charge in [0.25, 0.3) is 0 Å². The monoisotopic (exact) mass is 475 g/mol. The molecule has 11 heteroatoms. The quantitative estimate of drug-likeness (QED) is 0.625. The second-order valence-corrected chi connectivity index (χ2v) is 8.56. The fourth-order valence-electron chi connectivity index (χ4n) is 4.01. The molecule has 2 atom stereocenters.